The maximum atomic E-state index is 14.3. The van der Waals surface area contributed by atoms with Crippen LogP contribution < -0.4 is 0 Å². The number of aliphatic hydroxyl groups is 3. The lowest BCUT2D eigenvalue weighted by molar-refractivity contribution is -0.302. The number of rotatable bonds is 7. The fourth-order valence-electron chi connectivity index (χ4n) is 9.42. The summed E-state index contributed by atoms with van der Waals surface area (Å²) in [6.07, 6.45) is 4.93. The third-order valence-corrected chi connectivity index (χ3v) is 12.9. The molecule has 322 valence electrons. The topological polar surface area (TPSA) is 178 Å². The first-order valence-electron chi connectivity index (χ1n) is 20.9. The number of amides is 1. The monoisotopic (exact) mass is 803 g/mol. The minimum absolute atomic E-state index is 0.00988. The van der Waals surface area contributed by atoms with Gasteiger partial charge in [0.15, 0.2) is 0 Å². The summed E-state index contributed by atoms with van der Waals surface area (Å²) in [6, 6.07) is -1.14. The quantitative estimate of drug-likeness (QED) is 0.185. The molecule has 3 fully saturated rings. The Kier molecular flexibility index (Phi) is 17.2. The van der Waals surface area contributed by atoms with Crippen LogP contribution in [0.1, 0.15) is 105 Å². The highest BCUT2D eigenvalue weighted by atomic mass is 16.7. The van der Waals surface area contributed by atoms with Gasteiger partial charge >= 0.3 is 5.97 Å². The molecule has 0 aromatic rings. The van der Waals surface area contributed by atoms with E-state index in [2.05, 4.69) is 6.58 Å². The molecule has 4 rings (SSSR count). The van der Waals surface area contributed by atoms with Crippen LogP contribution in [0.2, 0.25) is 0 Å². The number of piperidine rings is 1. The van der Waals surface area contributed by atoms with Crippen LogP contribution in [-0.2, 0) is 42.9 Å². The molecule has 1 amide bonds. The van der Waals surface area contributed by atoms with Crippen LogP contribution in [-0.4, -0.2) is 126 Å². The molecule has 3 N–H and O–H groups in total. The van der Waals surface area contributed by atoms with Crippen LogP contribution in [0, 0.1) is 29.6 Å². The van der Waals surface area contributed by atoms with E-state index in [0.717, 1.165) is 5.57 Å². The number of hydrogen-bond acceptors (Lipinski definition) is 12. The highest BCUT2D eigenvalue weighted by Gasteiger charge is 2.56. The molecule has 2 saturated heterocycles. The predicted octanol–water partition coefficient (Wildman–Crippen LogP) is 4.64. The summed E-state index contributed by atoms with van der Waals surface area (Å²) in [4.78, 5) is 57.8. The summed E-state index contributed by atoms with van der Waals surface area (Å²) in [5.74, 6) is -7.76. The first-order valence-corrected chi connectivity index (χ1v) is 20.9. The number of hydrogen-bond donors (Lipinski definition) is 3. The predicted molar refractivity (Wildman–Crippen MR) is 213 cm³/mol. The molecule has 57 heavy (non-hydrogen) atoms. The van der Waals surface area contributed by atoms with Crippen LogP contribution in [0.4, 0.5) is 0 Å². The van der Waals surface area contributed by atoms with E-state index in [9.17, 15) is 34.5 Å². The van der Waals surface area contributed by atoms with Gasteiger partial charge in [-0.05, 0) is 95.5 Å². The number of ether oxygens (including phenoxy) is 5. The Labute approximate surface area is 339 Å². The van der Waals surface area contributed by atoms with Crippen molar-refractivity contribution in [3.8, 4) is 0 Å². The number of esters is 1. The smallest absolute Gasteiger partial charge is 0.329 e. The Morgan fingerprint density at radius 1 is 0.930 bits per heavy atom. The van der Waals surface area contributed by atoms with E-state index >= 15 is 0 Å². The second-order valence-electron chi connectivity index (χ2n) is 17.3. The average Bonchev–Trinajstić information content (AvgIpc) is 3.18. The van der Waals surface area contributed by atoms with Gasteiger partial charge < -0.3 is 43.9 Å². The maximum Gasteiger partial charge on any atom is 0.329 e. The number of ketones is 2. The zero-order chi connectivity index (χ0) is 42.2. The van der Waals surface area contributed by atoms with E-state index in [0.29, 0.717) is 56.9 Å². The van der Waals surface area contributed by atoms with Crippen molar-refractivity contribution in [1.82, 2.24) is 4.90 Å². The van der Waals surface area contributed by atoms with Crippen molar-refractivity contribution in [3.63, 3.8) is 0 Å². The van der Waals surface area contributed by atoms with E-state index in [4.69, 9.17) is 23.7 Å². The van der Waals surface area contributed by atoms with Gasteiger partial charge in [0.1, 0.15) is 24.0 Å². The molecular weight excluding hydrogens is 734 g/mol. The Morgan fingerprint density at radius 2 is 1.60 bits per heavy atom. The van der Waals surface area contributed by atoms with E-state index in [1.807, 2.05) is 32.9 Å². The molecule has 0 spiro atoms. The van der Waals surface area contributed by atoms with Crippen molar-refractivity contribution in [2.75, 3.05) is 27.9 Å². The highest BCUT2D eigenvalue weighted by molar-refractivity contribution is 6.39. The second kappa shape index (κ2) is 21.0. The van der Waals surface area contributed by atoms with E-state index in [1.165, 1.54) is 19.1 Å². The van der Waals surface area contributed by atoms with Gasteiger partial charge in [0.05, 0.1) is 30.5 Å². The van der Waals surface area contributed by atoms with Crippen molar-refractivity contribution >= 4 is 23.4 Å². The highest BCUT2D eigenvalue weighted by Crippen LogP contribution is 2.39. The number of allylic oxidation sites excluding steroid dienone is 4. The molecule has 14 atom stereocenters. The van der Waals surface area contributed by atoms with Gasteiger partial charge in [-0.15, -0.1) is 6.58 Å². The SMILES string of the molecule is C=CC[C@@H]1/C=C(\C)C[C@H](C)C[C@H](OC)[C@H]2O[C@@](O)(C(=O)C(=O)N3CCCC[C@H]3C(=O)O[C@H](/C(C)=C/[C@@H]3CC[C@@H](O)[C@H](OC)C3)[C@H](C)[C@@H](O)CC1=O)[C@H](C)CC2OC. The summed E-state index contributed by atoms with van der Waals surface area (Å²) >= 11 is 0. The zero-order valence-electron chi connectivity index (χ0n) is 35.4. The molecule has 1 saturated carbocycles. The molecule has 3 heterocycles. The fourth-order valence-corrected chi connectivity index (χ4v) is 9.42. The number of carbonyl (C=O) groups excluding carboxylic acids is 4. The lowest BCUT2D eigenvalue weighted by Crippen LogP contribution is -2.64. The standard InChI is InChI=1S/C44H69NO12/c1-10-13-31-19-25(2)18-26(3)20-37(54-8)40-38(55-9)22-28(5)44(52,57-40)41(49)42(50)45-17-12-11-14-32(45)43(51)56-39(29(6)34(47)24-35(31)48)27(4)21-30-15-16-33(46)36(23-30)53-7/h10,19,21,26,28-34,36-40,46-47,52H,1,11-18,20,22-24H2,2-9H3/b25-19+,27-21+/t26-,28+,29+,30-,31+,32-,33+,34-,36+,37-,38?,39+,40+,44+/m0/s1. The summed E-state index contributed by atoms with van der Waals surface area (Å²) < 4.78 is 29.7. The van der Waals surface area contributed by atoms with Crippen LogP contribution >= 0.6 is 0 Å². The number of nitrogens with zero attached hydrogens (tertiary/aromatic N) is 1. The molecule has 3 aliphatic heterocycles. The number of aliphatic hydroxyl groups excluding tert-OH is 2. The molecule has 0 aromatic heterocycles. The van der Waals surface area contributed by atoms with Crippen LogP contribution in [0.5, 0.6) is 0 Å². The van der Waals surface area contributed by atoms with Crippen molar-refractivity contribution in [1.29, 1.82) is 0 Å². The molecule has 0 radical (unpaired) electrons. The zero-order valence-corrected chi connectivity index (χ0v) is 35.4. The summed E-state index contributed by atoms with van der Waals surface area (Å²) in [6.45, 7) is 13.1. The third-order valence-electron chi connectivity index (χ3n) is 12.9. The summed E-state index contributed by atoms with van der Waals surface area (Å²) in [5.41, 5.74) is 1.61. The number of Topliss-reactive ketones (excluding diaryl/α,β-unsaturated/α-hetero) is 2. The lowest BCUT2D eigenvalue weighted by atomic mass is 9.81. The van der Waals surface area contributed by atoms with Crippen molar-refractivity contribution in [3.05, 3.63) is 36.0 Å². The average molecular weight is 804 g/mol. The number of fused-ring (bicyclic) bond motifs is 3. The van der Waals surface area contributed by atoms with E-state index in [-0.39, 0.29) is 49.5 Å². The van der Waals surface area contributed by atoms with Gasteiger partial charge in [0, 0.05) is 52.0 Å². The molecule has 2 bridgehead atoms. The van der Waals surface area contributed by atoms with E-state index in [1.54, 1.807) is 27.0 Å². The normalized spacial score (nSPS) is 41.0. The van der Waals surface area contributed by atoms with Gasteiger partial charge in [-0.3, -0.25) is 14.4 Å². The van der Waals surface area contributed by atoms with Gasteiger partial charge in [-0.1, -0.05) is 44.6 Å². The van der Waals surface area contributed by atoms with Crippen molar-refractivity contribution in [2.24, 2.45) is 29.6 Å². The minimum Gasteiger partial charge on any atom is -0.456 e. The third kappa shape index (κ3) is 11.3. The first-order chi connectivity index (χ1) is 27.0. The number of carbonyl (C=O) groups is 4. The van der Waals surface area contributed by atoms with Crippen LogP contribution in [0.3, 0.4) is 0 Å². The molecule has 0 aromatic carbocycles. The van der Waals surface area contributed by atoms with Crippen molar-refractivity contribution < 1.29 is 58.2 Å². The Balaban J connectivity index is 1.78. The van der Waals surface area contributed by atoms with Crippen LogP contribution in [0.15, 0.2) is 36.0 Å². The van der Waals surface area contributed by atoms with Crippen LogP contribution in [0.25, 0.3) is 0 Å². The fraction of sp³-hybridized carbons (Fsp3) is 0.773. The Hall–Kier alpha value is -2.78. The number of cyclic esters (lactones) is 1. The van der Waals surface area contributed by atoms with Gasteiger partial charge in [-0.25, -0.2) is 4.79 Å². The molecule has 13 heteroatoms. The molecular formula is C44H69NO12. The molecule has 1 aliphatic carbocycles. The van der Waals surface area contributed by atoms with E-state index < -0.39 is 83.9 Å². The lowest BCUT2D eigenvalue weighted by Gasteiger charge is -2.47. The Morgan fingerprint density at radius 3 is 2.25 bits per heavy atom. The molecule has 4 aliphatic rings. The number of methoxy groups -OCH3 is 3. The largest absolute Gasteiger partial charge is 0.456 e. The summed E-state index contributed by atoms with van der Waals surface area (Å²) in [7, 11) is 4.61. The molecule has 1 unspecified atom stereocenters. The second-order valence-corrected chi connectivity index (χ2v) is 17.3. The summed E-state index contributed by atoms with van der Waals surface area (Å²) in [5, 5.41) is 34.1. The Bertz CT molecular complexity index is 1480. The van der Waals surface area contributed by atoms with Crippen molar-refractivity contribution in [2.45, 2.75) is 160 Å². The van der Waals surface area contributed by atoms with Gasteiger partial charge in [0.2, 0.25) is 5.79 Å². The van der Waals surface area contributed by atoms with Gasteiger partial charge in [0.25, 0.3) is 11.7 Å². The van der Waals surface area contributed by atoms with Gasteiger partial charge in [-0.2, -0.15) is 0 Å². The minimum atomic E-state index is -2.51. The first kappa shape index (κ1) is 46.9. The molecule has 13 nitrogen and oxygen atoms in total. The maximum absolute atomic E-state index is 14.3.